The summed E-state index contributed by atoms with van der Waals surface area (Å²) in [4.78, 5) is 12.3. The van der Waals surface area contributed by atoms with Gasteiger partial charge in [-0.05, 0) is 31.9 Å². The van der Waals surface area contributed by atoms with Crippen LogP contribution in [0.2, 0.25) is 0 Å². The van der Waals surface area contributed by atoms with Crippen molar-refractivity contribution in [2.45, 2.75) is 44.6 Å². The van der Waals surface area contributed by atoms with E-state index < -0.39 is 0 Å². The van der Waals surface area contributed by atoms with Gasteiger partial charge >= 0.3 is 0 Å². The van der Waals surface area contributed by atoms with Crippen LogP contribution in [-0.4, -0.2) is 16.8 Å². The summed E-state index contributed by atoms with van der Waals surface area (Å²) >= 11 is 3.57. The Kier molecular flexibility index (Phi) is 4.44. The van der Waals surface area contributed by atoms with Crippen LogP contribution in [0.3, 0.4) is 0 Å². The third-order valence-corrected chi connectivity index (χ3v) is 4.80. The van der Waals surface area contributed by atoms with Crippen molar-refractivity contribution in [3.63, 3.8) is 0 Å². The number of halogens is 1. The number of rotatable bonds is 3. The molecule has 1 aliphatic carbocycles. The summed E-state index contributed by atoms with van der Waals surface area (Å²) in [6.45, 7) is 2.01. The maximum atomic E-state index is 12.3. The molecule has 0 saturated heterocycles. The number of hydrogen-bond donors (Lipinski definition) is 1. The molecule has 0 aliphatic heterocycles. The molecule has 1 amide bonds. The zero-order chi connectivity index (χ0) is 13.0. The average molecular weight is 310 g/mol. The van der Waals surface area contributed by atoms with Gasteiger partial charge in [-0.25, -0.2) is 0 Å². The van der Waals surface area contributed by atoms with E-state index in [0.29, 0.717) is 0 Å². The highest BCUT2D eigenvalue weighted by Gasteiger charge is 2.32. The predicted molar refractivity (Wildman–Crippen MR) is 78.3 cm³/mol. The molecule has 3 heteroatoms. The van der Waals surface area contributed by atoms with Crippen molar-refractivity contribution in [1.82, 2.24) is 5.32 Å². The molecule has 0 unspecified atom stereocenters. The molecule has 1 aliphatic rings. The second-order valence-electron chi connectivity index (χ2n) is 5.30. The van der Waals surface area contributed by atoms with E-state index in [1.165, 1.54) is 19.3 Å². The lowest BCUT2D eigenvalue weighted by Crippen LogP contribution is -2.51. The summed E-state index contributed by atoms with van der Waals surface area (Å²) in [5, 5.41) is 4.08. The van der Waals surface area contributed by atoms with Gasteiger partial charge in [-0.3, -0.25) is 4.79 Å². The Morgan fingerprint density at radius 1 is 1.33 bits per heavy atom. The number of carbonyl (C=O) groups excluding carboxylic acids is 1. The Hall–Kier alpha value is -0.830. The van der Waals surface area contributed by atoms with Crippen molar-refractivity contribution in [2.24, 2.45) is 0 Å². The van der Waals surface area contributed by atoms with Gasteiger partial charge < -0.3 is 5.32 Å². The van der Waals surface area contributed by atoms with Gasteiger partial charge in [-0.2, -0.15) is 0 Å². The molecule has 0 spiro atoms. The van der Waals surface area contributed by atoms with Crippen LogP contribution in [0.15, 0.2) is 24.3 Å². The molecule has 0 heterocycles. The molecule has 1 aromatic rings. The second-order valence-corrected chi connectivity index (χ2v) is 5.86. The first kappa shape index (κ1) is 13.6. The first-order valence-corrected chi connectivity index (χ1v) is 7.72. The van der Waals surface area contributed by atoms with Gasteiger partial charge in [0.2, 0.25) is 0 Å². The number of hydrogen-bond acceptors (Lipinski definition) is 1. The molecular weight excluding hydrogens is 290 g/mol. The fourth-order valence-electron chi connectivity index (χ4n) is 2.62. The predicted octanol–water partition coefficient (Wildman–Crippen LogP) is 3.82. The van der Waals surface area contributed by atoms with Crippen LogP contribution in [0.1, 0.15) is 48.0 Å². The van der Waals surface area contributed by atoms with Crippen LogP contribution in [0, 0.1) is 6.92 Å². The number of alkyl halides is 1. The van der Waals surface area contributed by atoms with Gasteiger partial charge in [-0.1, -0.05) is 52.9 Å². The Bertz CT molecular complexity index is 424. The first-order chi connectivity index (χ1) is 8.65. The quantitative estimate of drug-likeness (QED) is 0.845. The lowest BCUT2D eigenvalue weighted by Gasteiger charge is -2.36. The monoisotopic (exact) mass is 309 g/mol. The molecule has 0 bridgehead atoms. The number of nitrogens with one attached hydrogen (secondary N) is 1. The lowest BCUT2D eigenvalue weighted by molar-refractivity contribution is 0.0886. The van der Waals surface area contributed by atoms with E-state index in [1.54, 1.807) is 0 Å². The maximum Gasteiger partial charge on any atom is 0.251 e. The first-order valence-electron chi connectivity index (χ1n) is 6.60. The fraction of sp³-hybridized carbons (Fsp3) is 0.533. The molecule has 18 heavy (non-hydrogen) atoms. The number of carbonyl (C=O) groups is 1. The van der Waals surface area contributed by atoms with Crippen LogP contribution < -0.4 is 5.32 Å². The molecule has 1 N–H and O–H groups in total. The highest BCUT2D eigenvalue weighted by Crippen LogP contribution is 2.30. The summed E-state index contributed by atoms with van der Waals surface area (Å²) in [7, 11) is 0. The Morgan fingerprint density at radius 2 is 2.06 bits per heavy atom. The number of aryl methyl sites for hydroxylation is 1. The van der Waals surface area contributed by atoms with Crippen molar-refractivity contribution in [3.8, 4) is 0 Å². The van der Waals surface area contributed by atoms with Crippen molar-refractivity contribution < 1.29 is 4.79 Å². The van der Waals surface area contributed by atoms with Crippen molar-refractivity contribution in [3.05, 3.63) is 35.4 Å². The van der Waals surface area contributed by atoms with Gasteiger partial charge in [0.1, 0.15) is 0 Å². The normalized spacial score (nSPS) is 18.3. The summed E-state index contributed by atoms with van der Waals surface area (Å²) in [6.07, 6.45) is 5.86. The van der Waals surface area contributed by atoms with Gasteiger partial charge in [0.15, 0.2) is 0 Å². The molecule has 0 radical (unpaired) electrons. The zero-order valence-corrected chi connectivity index (χ0v) is 12.4. The third kappa shape index (κ3) is 3.14. The average Bonchev–Trinajstić information content (AvgIpc) is 2.40. The summed E-state index contributed by atoms with van der Waals surface area (Å²) < 4.78 is 0. The highest BCUT2D eigenvalue weighted by molar-refractivity contribution is 9.09. The zero-order valence-electron chi connectivity index (χ0n) is 10.8. The Labute approximate surface area is 117 Å². The lowest BCUT2D eigenvalue weighted by atomic mass is 9.83. The van der Waals surface area contributed by atoms with E-state index in [-0.39, 0.29) is 11.4 Å². The van der Waals surface area contributed by atoms with Crippen LogP contribution in [-0.2, 0) is 0 Å². The summed E-state index contributed by atoms with van der Waals surface area (Å²) in [5.74, 6) is 0.0556. The van der Waals surface area contributed by atoms with Crippen LogP contribution in [0.4, 0.5) is 0 Å². The van der Waals surface area contributed by atoms with Gasteiger partial charge in [0.05, 0.1) is 5.54 Å². The van der Waals surface area contributed by atoms with Crippen LogP contribution in [0.25, 0.3) is 0 Å². The Morgan fingerprint density at radius 3 is 2.67 bits per heavy atom. The molecule has 2 rings (SSSR count). The van der Waals surface area contributed by atoms with E-state index in [0.717, 1.165) is 29.3 Å². The van der Waals surface area contributed by atoms with Gasteiger partial charge in [-0.15, -0.1) is 0 Å². The molecular formula is C15H20BrNO. The van der Waals surface area contributed by atoms with Crippen molar-refractivity contribution >= 4 is 21.8 Å². The summed E-state index contributed by atoms with van der Waals surface area (Å²) in [5.41, 5.74) is 1.85. The number of amides is 1. The van der Waals surface area contributed by atoms with Crippen molar-refractivity contribution in [2.75, 3.05) is 5.33 Å². The minimum absolute atomic E-state index is 0.0426. The van der Waals surface area contributed by atoms with E-state index in [9.17, 15) is 4.79 Å². The third-order valence-electron chi connectivity index (χ3n) is 3.73. The molecule has 1 saturated carbocycles. The smallest absolute Gasteiger partial charge is 0.251 e. The SMILES string of the molecule is Cc1cccc(C(=O)NC2(CBr)CCCCC2)c1. The Balaban J connectivity index is 2.10. The van der Waals surface area contributed by atoms with Crippen LogP contribution in [0.5, 0.6) is 0 Å². The van der Waals surface area contributed by atoms with Gasteiger partial charge in [0.25, 0.3) is 5.91 Å². The van der Waals surface area contributed by atoms with Crippen molar-refractivity contribution in [1.29, 1.82) is 0 Å². The van der Waals surface area contributed by atoms with E-state index in [4.69, 9.17) is 0 Å². The maximum absolute atomic E-state index is 12.3. The van der Waals surface area contributed by atoms with E-state index in [1.807, 2.05) is 31.2 Å². The standard InChI is InChI=1S/C15H20BrNO/c1-12-6-5-7-13(10-12)14(18)17-15(11-16)8-3-2-4-9-15/h5-7,10H,2-4,8-9,11H2,1H3,(H,17,18). The topological polar surface area (TPSA) is 29.1 Å². The minimum atomic E-state index is -0.0426. The minimum Gasteiger partial charge on any atom is -0.346 e. The van der Waals surface area contributed by atoms with Crippen LogP contribution >= 0.6 is 15.9 Å². The molecule has 1 aromatic carbocycles. The molecule has 98 valence electrons. The fourth-order valence-corrected chi connectivity index (χ4v) is 3.32. The molecule has 2 nitrogen and oxygen atoms in total. The number of benzene rings is 1. The molecule has 1 fully saturated rings. The second kappa shape index (κ2) is 5.87. The summed E-state index contributed by atoms with van der Waals surface area (Å²) in [6, 6.07) is 7.77. The molecule has 0 aromatic heterocycles. The van der Waals surface area contributed by atoms with E-state index in [2.05, 4.69) is 21.2 Å². The molecule has 0 atom stereocenters. The van der Waals surface area contributed by atoms with E-state index >= 15 is 0 Å². The largest absolute Gasteiger partial charge is 0.346 e. The highest BCUT2D eigenvalue weighted by atomic mass is 79.9. The van der Waals surface area contributed by atoms with Gasteiger partial charge in [0, 0.05) is 10.9 Å².